The van der Waals surface area contributed by atoms with Crippen molar-refractivity contribution < 1.29 is 51.0 Å². The molecular formula is C21H20Cl2Zr. The van der Waals surface area contributed by atoms with Crippen LogP contribution in [-0.2, 0) is 26.2 Å². The van der Waals surface area contributed by atoms with Gasteiger partial charge in [-0.1, -0.05) is 43.7 Å². The molecule has 0 radical (unpaired) electrons. The van der Waals surface area contributed by atoms with Crippen molar-refractivity contribution in [2.24, 2.45) is 5.92 Å². The van der Waals surface area contributed by atoms with Crippen LogP contribution in [0.2, 0.25) is 0 Å². The summed E-state index contributed by atoms with van der Waals surface area (Å²) >= 11 is 0. The van der Waals surface area contributed by atoms with E-state index in [-0.39, 0.29) is 51.0 Å². The van der Waals surface area contributed by atoms with Gasteiger partial charge in [-0.15, -0.1) is 17.5 Å². The van der Waals surface area contributed by atoms with E-state index in [1.165, 1.54) is 22.3 Å². The van der Waals surface area contributed by atoms with Gasteiger partial charge in [0, 0.05) is 0 Å². The van der Waals surface area contributed by atoms with Crippen molar-refractivity contribution in [2.45, 2.75) is 26.2 Å². The number of hydrogen-bond acceptors (Lipinski definition) is 0. The standard InChI is InChI=1S/C16H15.C5H5.2ClH.Zr/c1-11(2)16-14-9-5-3-7-12(14)13-8-4-6-10-15(13)16;1-2-4-5-3-1;;;/h3-9,11,16H,1-2H3;1-3H,4H2;2*1H;/q2*-1;;;+4/p-2. The average Bonchev–Trinajstić information content (AvgIpc) is 3.17. The van der Waals surface area contributed by atoms with Gasteiger partial charge in [0.2, 0.25) is 0 Å². The monoisotopic (exact) mass is 432 g/mol. The van der Waals surface area contributed by atoms with E-state index in [1.54, 1.807) is 0 Å². The van der Waals surface area contributed by atoms with Gasteiger partial charge in [0.1, 0.15) is 0 Å². The Morgan fingerprint density at radius 2 is 1.71 bits per heavy atom. The zero-order valence-corrected chi connectivity index (χ0v) is 17.9. The molecule has 0 aromatic heterocycles. The Morgan fingerprint density at radius 1 is 1.00 bits per heavy atom. The summed E-state index contributed by atoms with van der Waals surface area (Å²) in [6, 6.07) is 18.5. The largest absolute Gasteiger partial charge is 4.00 e. The van der Waals surface area contributed by atoms with E-state index in [0.717, 1.165) is 6.42 Å². The Morgan fingerprint density at radius 3 is 2.29 bits per heavy atom. The van der Waals surface area contributed by atoms with Gasteiger partial charge >= 0.3 is 26.2 Å². The van der Waals surface area contributed by atoms with Crippen LogP contribution in [0.5, 0.6) is 0 Å². The molecule has 0 aliphatic heterocycles. The molecule has 4 rings (SSSR count). The molecule has 0 nitrogen and oxygen atoms in total. The van der Waals surface area contributed by atoms with Crippen molar-refractivity contribution in [3.63, 3.8) is 0 Å². The second-order valence-corrected chi connectivity index (χ2v) is 5.81. The van der Waals surface area contributed by atoms with Crippen LogP contribution in [0.3, 0.4) is 0 Å². The fraction of sp³-hybridized carbons (Fsp3) is 0.238. The van der Waals surface area contributed by atoms with Crippen LogP contribution in [0.4, 0.5) is 0 Å². The Labute approximate surface area is 177 Å². The third kappa shape index (κ3) is 4.95. The van der Waals surface area contributed by atoms with Gasteiger partial charge in [-0.2, -0.15) is 30.3 Å². The van der Waals surface area contributed by atoms with Gasteiger partial charge in [-0.25, -0.2) is 12.2 Å². The number of benzene rings is 2. The van der Waals surface area contributed by atoms with Crippen molar-refractivity contribution in [2.75, 3.05) is 0 Å². The Bertz CT molecular complexity index is 634. The van der Waals surface area contributed by atoms with Gasteiger partial charge in [-0.05, 0) is 17.4 Å². The normalized spacial score (nSPS) is 15.2. The molecule has 2 aromatic rings. The first-order valence-corrected chi connectivity index (χ1v) is 7.60. The average molecular weight is 435 g/mol. The molecule has 2 aliphatic carbocycles. The SMILES string of the molecule is CC(C)C1c2[c-]cccc2-c2ccccc21.[C-]1=CC=CC1.[Cl-].[Cl-].[Zr+4]. The number of halogens is 2. The summed E-state index contributed by atoms with van der Waals surface area (Å²) in [5.74, 6) is 1.15. The second-order valence-electron chi connectivity index (χ2n) is 5.81. The fourth-order valence-electron chi connectivity index (χ4n) is 3.14. The molecule has 0 saturated heterocycles. The molecular weight excluding hydrogens is 414 g/mol. The Kier molecular flexibility index (Phi) is 10.8. The van der Waals surface area contributed by atoms with Crippen molar-refractivity contribution in [3.05, 3.63) is 84.0 Å². The summed E-state index contributed by atoms with van der Waals surface area (Å²) in [6.07, 6.45) is 10.0. The van der Waals surface area contributed by atoms with Gasteiger partial charge in [0.15, 0.2) is 0 Å². The van der Waals surface area contributed by atoms with Crippen molar-refractivity contribution >= 4 is 0 Å². The van der Waals surface area contributed by atoms with Gasteiger partial charge < -0.3 is 24.8 Å². The van der Waals surface area contributed by atoms with Crippen molar-refractivity contribution in [3.8, 4) is 11.1 Å². The van der Waals surface area contributed by atoms with E-state index in [2.05, 4.69) is 68.5 Å². The summed E-state index contributed by atoms with van der Waals surface area (Å²) < 4.78 is 0. The zero-order valence-electron chi connectivity index (χ0n) is 13.9. The zero-order chi connectivity index (χ0) is 14.7. The molecule has 0 saturated carbocycles. The minimum absolute atomic E-state index is 0. The predicted molar refractivity (Wildman–Crippen MR) is 89.0 cm³/mol. The van der Waals surface area contributed by atoms with Gasteiger partial charge in [-0.3, -0.25) is 6.08 Å². The summed E-state index contributed by atoms with van der Waals surface area (Å²) in [4.78, 5) is 0. The number of fused-ring (bicyclic) bond motifs is 3. The van der Waals surface area contributed by atoms with Crippen LogP contribution in [0.25, 0.3) is 11.1 Å². The molecule has 122 valence electrons. The maximum atomic E-state index is 3.43. The van der Waals surface area contributed by atoms with E-state index in [4.69, 9.17) is 0 Å². The molecule has 0 N–H and O–H groups in total. The molecule has 0 spiro atoms. The van der Waals surface area contributed by atoms with E-state index in [0.29, 0.717) is 11.8 Å². The van der Waals surface area contributed by atoms with E-state index in [1.807, 2.05) is 18.2 Å². The third-order valence-electron chi connectivity index (χ3n) is 4.04. The minimum atomic E-state index is 0. The third-order valence-corrected chi connectivity index (χ3v) is 4.04. The van der Waals surface area contributed by atoms with Crippen LogP contribution >= 0.6 is 0 Å². The Balaban J connectivity index is 0.000000578. The summed E-state index contributed by atoms with van der Waals surface area (Å²) in [5, 5.41) is 0. The molecule has 0 amide bonds. The quantitative estimate of drug-likeness (QED) is 0.535. The first-order valence-electron chi connectivity index (χ1n) is 7.60. The van der Waals surface area contributed by atoms with Crippen LogP contribution < -0.4 is 24.8 Å². The van der Waals surface area contributed by atoms with Crippen molar-refractivity contribution in [1.82, 2.24) is 0 Å². The second kappa shape index (κ2) is 11.1. The fourth-order valence-corrected chi connectivity index (χ4v) is 3.14. The molecule has 24 heavy (non-hydrogen) atoms. The van der Waals surface area contributed by atoms with Crippen LogP contribution in [0, 0.1) is 18.1 Å². The molecule has 3 heteroatoms. The van der Waals surface area contributed by atoms with Crippen molar-refractivity contribution in [1.29, 1.82) is 0 Å². The topological polar surface area (TPSA) is 0 Å². The predicted octanol–water partition coefficient (Wildman–Crippen LogP) is -0.434. The first-order chi connectivity index (χ1) is 10.3. The number of rotatable bonds is 1. The maximum Gasteiger partial charge on any atom is 4.00 e. The molecule has 0 bridgehead atoms. The Hall–Kier alpha value is -0.617. The molecule has 2 aromatic carbocycles. The smallest absolute Gasteiger partial charge is 1.00 e. The van der Waals surface area contributed by atoms with Gasteiger partial charge in [0.05, 0.1) is 0 Å². The van der Waals surface area contributed by atoms with E-state index >= 15 is 0 Å². The minimum Gasteiger partial charge on any atom is -1.00 e. The molecule has 0 heterocycles. The number of allylic oxidation sites excluding steroid dienone is 4. The van der Waals surface area contributed by atoms with Crippen LogP contribution in [0.15, 0.2) is 60.7 Å². The molecule has 0 fully saturated rings. The molecule has 1 unspecified atom stereocenters. The summed E-state index contributed by atoms with van der Waals surface area (Å²) in [5.41, 5.74) is 5.61. The maximum absolute atomic E-state index is 3.43. The van der Waals surface area contributed by atoms with Gasteiger partial charge in [0.25, 0.3) is 0 Å². The number of hydrogen-bond donors (Lipinski definition) is 0. The van der Waals surface area contributed by atoms with Crippen LogP contribution in [-0.4, -0.2) is 0 Å². The first kappa shape index (κ1) is 23.4. The molecule has 2 aliphatic rings. The summed E-state index contributed by atoms with van der Waals surface area (Å²) in [6.45, 7) is 4.58. The van der Waals surface area contributed by atoms with E-state index in [9.17, 15) is 0 Å². The van der Waals surface area contributed by atoms with E-state index < -0.39 is 0 Å². The van der Waals surface area contributed by atoms with Crippen LogP contribution in [0.1, 0.15) is 37.3 Å². The molecule has 1 atom stereocenters. The summed E-state index contributed by atoms with van der Waals surface area (Å²) in [7, 11) is 0.